The average molecular weight is 473 g/mol. The highest BCUT2D eigenvalue weighted by Crippen LogP contribution is 2.30. The summed E-state index contributed by atoms with van der Waals surface area (Å²) in [7, 11) is -2.99. The van der Waals surface area contributed by atoms with E-state index in [4.69, 9.17) is 0 Å². The van der Waals surface area contributed by atoms with Crippen LogP contribution in [0.1, 0.15) is 52.5 Å². The van der Waals surface area contributed by atoms with Crippen molar-refractivity contribution in [2.45, 2.75) is 51.4 Å². The number of Topliss-reactive ketones (excluding diaryl/α,β-unsaturated/α-hetero) is 1. The number of carbonyl (C=O) groups is 1. The van der Waals surface area contributed by atoms with E-state index in [9.17, 15) is 13.2 Å². The first-order valence-corrected chi connectivity index (χ1v) is 13.6. The van der Waals surface area contributed by atoms with Crippen molar-refractivity contribution in [2.24, 2.45) is 0 Å². The fraction of sp³-hybridized carbons (Fsp3) is 0.435. The van der Waals surface area contributed by atoms with E-state index in [1.165, 1.54) is 17.3 Å². The number of aromatic nitrogens is 4. The third kappa shape index (κ3) is 4.68. The third-order valence-corrected chi connectivity index (χ3v) is 8.72. The van der Waals surface area contributed by atoms with Gasteiger partial charge in [0.25, 0.3) is 0 Å². The number of rotatable bonds is 8. The number of thioether (sulfide) groups is 1. The number of ketones is 1. The van der Waals surface area contributed by atoms with Crippen LogP contribution in [0.25, 0.3) is 0 Å². The Kier molecular flexibility index (Phi) is 6.57. The van der Waals surface area contributed by atoms with Gasteiger partial charge in [-0.3, -0.25) is 4.79 Å². The van der Waals surface area contributed by atoms with E-state index in [0.29, 0.717) is 18.4 Å². The van der Waals surface area contributed by atoms with Crippen LogP contribution in [-0.4, -0.2) is 50.8 Å². The van der Waals surface area contributed by atoms with Gasteiger partial charge in [-0.15, -0.1) is 10.2 Å². The van der Waals surface area contributed by atoms with Crippen LogP contribution in [0.3, 0.4) is 0 Å². The molecule has 4 rings (SSSR count). The molecule has 0 amide bonds. The average Bonchev–Trinajstić information content (AvgIpc) is 3.41. The number of nitrogens with zero attached hydrogens (tertiary/aromatic N) is 4. The Morgan fingerprint density at radius 3 is 2.59 bits per heavy atom. The van der Waals surface area contributed by atoms with Gasteiger partial charge in [-0.25, -0.2) is 8.42 Å². The minimum absolute atomic E-state index is 0.0190. The second kappa shape index (κ2) is 9.23. The van der Waals surface area contributed by atoms with Crippen molar-refractivity contribution in [3.63, 3.8) is 0 Å². The van der Waals surface area contributed by atoms with Crippen LogP contribution in [-0.2, 0) is 22.8 Å². The van der Waals surface area contributed by atoms with Gasteiger partial charge in [0, 0.05) is 36.0 Å². The number of sulfone groups is 1. The first-order valence-electron chi connectivity index (χ1n) is 10.8. The zero-order valence-corrected chi connectivity index (χ0v) is 20.2. The van der Waals surface area contributed by atoms with Crippen LogP contribution in [0.15, 0.2) is 41.6 Å². The SMILES string of the molecule is CCn1c(Cc2ccccc2)nnc1SCC(=O)c1cc(C)n(C2CCS(=O)(=O)C2)c1C. The summed E-state index contributed by atoms with van der Waals surface area (Å²) in [5.74, 6) is 1.53. The maximum Gasteiger partial charge on any atom is 0.191 e. The molecule has 0 N–H and O–H groups in total. The molecule has 7 nitrogen and oxygen atoms in total. The van der Waals surface area contributed by atoms with Crippen LogP contribution in [0.5, 0.6) is 0 Å². The molecule has 1 aromatic carbocycles. The van der Waals surface area contributed by atoms with Crippen molar-refractivity contribution in [1.82, 2.24) is 19.3 Å². The third-order valence-electron chi connectivity index (χ3n) is 6.01. The molecule has 1 saturated heterocycles. The molecular weight excluding hydrogens is 444 g/mol. The molecule has 2 aromatic heterocycles. The normalized spacial score (nSPS) is 17.7. The highest BCUT2D eigenvalue weighted by molar-refractivity contribution is 7.99. The van der Waals surface area contributed by atoms with Gasteiger partial charge in [-0.2, -0.15) is 0 Å². The van der Waals surface area contributed by atoms with Gasteiger partial charge in [0.15, 0.2) is 20.8 Å². The Hall–Kier alpha value is -2.39. The predicted molar refractivity (Wildman–Crippen MR) is 126 cm³/mol. The molecular formula is C23H28N4O3S2. The molecule has 0 aliphatic carbocycles. The van der Waals surface area contributed by atoms with E-state index in [1.54, 1.807) is 0 Å². The summed E-state index contributed by atoms with van der Waals surface area (Å²) < 4.78 is 27.9. The van der Waals surface area contributed by atoms with Crippen LogP contribution < -0.4 is 0 Å². The molecule has 1 atom stereocenters. The van der Waals surface area contributed by atoms with Crippen LogP contribution in [0.2, 0.25) is 0 Å². The zero-order valence-electron chi connectivity index (χ0n) is 18.6. The van der Waals surface area contributed by atoms with E-state index in [0.717, 1.165) is 28.9 Å². The van der Waals surface area contributed by atoms with E-state index in [-0.39, 0.29) is 29.1 Å². The highest BCUT2D eigenvalue weighted by atomic mass is 32.2. The fourth-order valence-corrected chi connectivity index (χ4v) is 7.07. The van der Waals surface area contributed by atoms with Crippen molar-refractivity contribution in [3.8, 4) is 0 Å². The number of benzene rings is 1. The van der Waals surface area contributed by atoms with Gasteiger partial charge >= 0.3 is 0 Å². The lowest BCUT2D eigenvalue weighted by Crippen LogP contribution is -2.14. The molecule has 3 aromatic rings. The Morgan fingerprint density at radius 1 is 1.19 bits per heavy atom. The van der Waals surface area contributed by atoms with Crippen molar-refractivity contribution in [3.05, 3.63) is 64.7 Å². The van der Waals surface area contributed by atoms with Gasteiger partial charge in [0.2, 0.25) is 0 Å². The molecule has 0 bridgehead atoms. The lowest BCUT2D eigenvalue weighted by Gasteiger charge is -2.16. The van der Waals surface area contributed by atoms with Gasteiger partial charge in [-0.1, -0.05) is 42.1 Å². The molecule has 1 aliphatic rings. The monoisotopic (exact) mass is 472 g/mol. The maximum absolute atomic E-state index is 13.0. The summed E-state index contributed by atoms with van der Waals surface area (Å²) in [4.78, 5) is 13.0. The standard InChI is InChI=1S/C23H28N4O3S2/c1-4-26-22(13-18-8-6-5-7-9-18)24-25-23(26)31-14-21(28)20-12-16(2)27(17(20)3)19-10-11-32(29,30)15-19/h5-9,12,19H,4,10-11,13-15H2,1-3H3. The first-order chi connectivity index (χ1) is 15.3. The highest BCUT2D eigenvalue weighted by Gasteiger charge is 2.31. The minimum Gasteiger partial charge on any atom is -0.344 e. The summed E-state index contributed by atoms with van der Waals surface area (Å²) in [6.45, 7) is 6.62. The van der Waals surface area contributed by atoms with Crippen LogP contribution in [0, 0.1) is 13.8 Å². The van der Waals surface area contributed by atoms with Crippen molar-refractivity contribution in [1.29, 1.82) is 0 Å². The summed E-state index contributed by atoms with van der Waals surface area (Å²) in [5, 5.41) is 9.42. The molecule has 3 heterocycles. The molecule has 9 heteroatoms. The Balaban J connectivity index is 1.47. The molecule has 1 aliphatic heterocycles. The van der Waals surface area contributed by atoms with Crippen LogP contribution >= 0.6 is 11.8 Å². The molecule has 0 radical (unpaired) electrons. The second-order valence-electron chi connectivity index (χ2n) is 8.23. The maximum atomic E-state index is 13.0. The molecule has 170 valence electrons. The molecule has 1 unspecified atom stereocenters. The summed E-state index contributed by atoms with van der Waals surface area (Å²) in [6.07, 6.45) is 1.30. The first kappa shape index (κ1) is 22.8. The summed E-state index contributed by atoms with van der Waals surface area (Å²) >= 11 is 1.40. The molecule has 0 spiro atoms. The number of carbonyl (C=O) groups excluding carboxylic acids is 1. The van der Waals surface area contributed by atoms with Crippen molar-refractivity contribution >= 4 is 27.4 Å². The Morgan fingerprint density at radius 2 is 1.94 bits per heavy atom. The summed E-state index contributed by atoms with van der Waals surface area (Å²) in [5.41, 5.74) is 3.60. The second-order valence-corrected chi connectivity index (χ2v) is 11.4. The molecule has 1 fully saturated rings. The topological polar surface area (TPSA) is 86.8 Å². The van der Waals surface area contributed by atoms with E-state index in [1.807, 2.05) is 49.6 Å². The van der Waals surface area contributed by atoms with E-state index >= 15 is 0 Å². The number of aryl methyl sites for hydroxylation is 1. The van der Waals surface area contributed by atoms with E-state index in [2.05, 4.69) is 26.9 Å². The van der Waals surface area contributed by atoms with E-state index < -0.39 is 9.84 Å². The van der Waals surface area contributed by atoms with Crippen molar-refractivity contribution < 1.29 is 13.2 Å². The van der Waals surface area contributed by atoms with Gasteiger partial charge in [0.1, 0.15) is 5.82 Å². The number of hydrogen-bond donors (Lipinski definition) is 0. The van der Waals surface area contributed by atoms with Gasteiger partial charge < -0.3 is 9.13 Å². The lowest BCUT2D eigenvalue weighted by molar-refractivity contribution is 0.102. The van der Waals surface area contributed by atoms with Crippen LogP contribution in [0.4, 0.5) is 0 Å². The minimum atomic E-state index is -2.99. The molecule has 32 heavy (non-hydrogen) atoms. The quantitative estimate of drug-likeness (QED) is 0.367. The fourth-order valence-electron chi connectivity index (χ4n) is 4.46. The Labute approximate surface area is 193 Å². The predicted octanol–water partition coefficient (Wildman–Crippen LogP) is 3.64. The van der Waals surface area contributed by atoms with Gasteiger partial charge in [-0.05, 0) is 38.8 Å². The largest absolute Gasteiger partial charge is 0.344 e. The number of hydrogen-bond acceptors (Lipinski definition) is 6. The molecule has 0 saturated carbocycles. The van der Waals surface area contributed by atoms with Gasteiger partial charge in [0.05, 0.1) is 17.3 Å². The summed E-state index contributed by atoms with van der Waals surface area (Å²) in [6, 6.07) is 11.9. The van der Waals surface area contributed by atoms with Crippen molar-refractivity contribution in [2.75, 3.05) is 17.3 Å². The lowest BCUT2D eigenvalue weighted by atomic mass is 10.1. The Bertz CT molecular complexity index is 1230. The smallest absolute Gasteiger partial charge is 0.191 e. The zero-order chi connectivity index (χ0) is 22.9.